The van der Waals surface area contributed by atoms with Crippen molar-refractivity contribution in [2.45, 2.75) is 33.1 Å². The molecule has 5 nitrogen and oxygen atoms in total. The first-order valence-electron chi connectivity index (χ1n) is 4.73. The van der Waals surface area contributed by atoms with E-state index in [0.29, 0.717) is 6.42 Å². The molecule has 0 N–H and O–H groups in total. The Bertz CT molecular complexity index is 193. The van der Waals surface area contributed by atoms with E-state index in [0.717, 1.165) is 17.9 Å². The number of carbonyl (C=O) groups excluding carboxylic acids is 2. The van der Waals surface area contributed by atoms with Crippen molar-refractivity contribution in [1.29, 1.82) is 0 Å². The van der Waals surface area contributed by atoms with Gasteiger partial charge in [-0.25, -0.2) is 9.59 Å². The van der Waals surface area contributed by atoms with Crippen LogP contribution in [0.4, 0.5) is 4.79 Å². The maximum atomic E-state index is 11.0. The van der Waals surface area contributed by atoms with Crippen LogP contribution < -0.4 is 0 Å². The van der Waals surface area contributed by atoms with Gasteiger partial charge in [-0.2, -0.15) is 0 Å². The molecule has 0 radical (unpaired) electrons. The van der Waals surface area contributed by atoms with Gasteiger partial charge < -0.3 is 9.57 Å². The van der Waals surface area contributed by atoms with Gasteiger partial charge in [-0.3, -0.25) is 0 Å². The predicted octanol–water partition coefficient (Wildman–Crippen LogP) is 1.72. The number of amides is 1. The molecule has 0 aliphatic heterocycles. The highest BCUT2D eigenvalue weighted by atomic mass is 16.7. The van der Waals surface area contributed by atoms with Crippen molar-refractivity contribution in [3.05, 3.63) is 0 Å². The first-order valence-corrected chi connectivity index (χ1v) is 4.73. The molecule has 82 valence electrons. The summed E-state index contributed by atoms with van der Waals surface area (Å²) in [5, 5.41) is 0.807. The third-order valence-electron chi connectivity index (χ3n) is 1.50. The standard InChI is InChI=1S/C9H17NO4/c1-4-6-7-8(11)14-10(3)9(12)13-5-2/h4-7H2,1-3H3. The Kier molecular flexibility index (Phi) is 6.53. The highest BCUT2D eigenvalue weighted by Crippen LogP contribution is 1.99. The van der Waals surface area contributed by atoms with Crippen molar-refractivity contribution in [3.8, 4) is 0 Å². The van der Waals surface area contributed by atoms with Crippen LogP contribution >= 0.6 is 0 Å². The summed E-state index contributed by atoms with van der Waals surface area (Å²) in [6, 6.07) is 0. The minimum atomic E-state index is -0.655. The molecular formula is C9H17NO4. The molecule has 14 heavy (non-hydrogen) atoms. The van der Waals surface area contributed by atoms with Gasteiger partial charge in [-0.1, -0.05) is 13.3 Å². The molecule has 0 rings (SSSR count). The number of nitrogens with zero attached hydrogens (tertiary/aromatic N) is 1. The normalized spacial score (nSPS) is 9.36. The van der Waals surface area contributed by atoms with Crippen molar-refractivity contribution >= 4 is 12.1 Å². The number of hydrogen-bond acceptors (Lipinski definition) is 4. The van der Waals surface area contributed by atoms with E-state index in [1.165, 1.54) is 7.05 Å². The molecule has 0 unspecified atom stereocenters. The van der Waals surface area contributed by atoms with Crippen LogP contribution in [-0.4, -0.2) is 30.8 Å². The lowest BCUT2D eigenvalue weighted by Gasteiger charge is -2.14. The third kappa shape index (κ3) is 5.40. The number of hydrogen-bond donors (Lipinski definition) is 0. The van der Waals surface area contributed by atoms with Crippen LogP contribution in [0.1, 0.15) is 33.1 Å². The lowest BCUT2D eigenvalue weighted by Crippen LogP contribution is -2.30. The van der Waals surface area contributed by atoms with E-state index >= 15 is 0 Å². The van der Waals surface area contributed by atoms with Crippen LogP contribution in [0.15, 0.2) is 0 Å². The zero-order chi connectivity index (χ0) is 11.0. The smallest absolute Gasteiger partial charge is 0.443 e. The fraction of sp³-hybridized carbons (Fsp3) is 0.778. The minimum Gasteiger partial charge on any atom is -0.448 e. The summed E-state index contributed by atoms with van der Waals surface area (Å²) in [6.45, 7) is 3.92. The average Bonchev–Trinajstić information content (AvgIpc) is 2.15. The lowest BCUT2D eigenvalue weighted by atomic mass is 10.3. The van der Waals surface area contributed by atoms with Crippen LogP contribution in [0.2, 0.25) is 0 Å². The van der Waals surface area contributed by atoms with Gasteiger partial charge in [0.1, 0.15) is 0 Å². The quantitative estimate of drug-likeness (QED) is 0.653. The van der Waals surface area contributed by atoms with E-state index in [9.17, 15) is 9.59 Å². The summed E-state index contributed by atoms with van der Waals surface area (Å²) < 4.78 is 4.62. The molecule has 0 saturated carbocycles. The molecule has 0 saturated heterocycles. The van der Waals surface area contributed by atoms with E-state index in [2.05, 4.69) is 9.57 Å². The predicted molar refractivity (Wildman–Crippen MR) is 50.4 cm³/mol. The zero-order valence-electron chi connectivity index (χ0n) is 8.91. The number of rotatable bonds is 4. The van der Waals surface area contributed by atoms with Crippen LogP contribution in [0, 0.1) is 0 Å². The third-order valence-corrected chi connectivity index (χ3v) is 1.50. The first-order chi connectivity index (χ1) is 6.61. The SMILES string of the molecule is CCCCC(=O)ON(C)C(=O)OCC. The van der Waals surface area contributed by atoms with Crippen molar-refractivity contribution in [3.63, 3.8) is 0 Å². The van der Waals surface area contributed by atoms with Crippen LogP contribution in [-0.2, 0) is 14.4 Å². The van der Waals surface area contributed by atoms with E-state index in [4.69, 9.17) is 0 Å². The van der Waals surface area contributed by atoms with Crippen LogP contribution in [0.5, 0.6) is 0 Å². The number of carbonyl (C=O) groups is 2. The van der Waals surface area contributed by atoms with Gasteiger partial charge in [-0.15, -0.1) is 5.06 Å². The molecule has 0 bridgehead atoms. The fourth-order valence-electron chi connectivity index (χ4n) is 0.771. The molecule has 0 heterocycles. The van der Waals surface area contributed by atoms with Crippen LogP contribution in [0.3, 0.4) is 0 Å². The molecule has 5 heteroatoms. The first kappa shape index (κ1) is 12.7. The summed E-state index contributed by atoms with van der Waals surface area (Å²) in [6.07, 6.45) is 1.34. The highest BCUT2D eigenvalue weighted by molar-refractivity contribution is 5.73. The van der Waals surface area contributed by atoms with E-state index in [-0.39, 0.29) is 6.61 Å². The fourth-order valence-corrected chi connectivity index (χ4v) is 0.771. The molecule has 0 atom stereocenters. The molecular weight excluding hydrogens is 186 g/mol. The van der Waals surface area contributed by atoms with Gasteiger partial charge in [0.15, 0.2) is 0 Å². The van der Waals surface area contributed by atoms with Crippen molar-refractivity contribution in [1.82, 2.24) is 5.06 Å². The zero-order valence-corrected chi connectivity index (χ0v) is 8.91. The maximum absolute atomic E-state index is 11.0. The molecule has 0 spiro atoms. The summed E-state index contributed by atoms with van der Waals surface area (Å²) in [4.78, 5) is 26.7. The van der Waals surface area contributed by atoms with E-state index < -0.39 is 12.1 Å². The summed E-state index contributed by atoms with van der Waals surface area (Å²) in [5.74, 6) is -0.414. The Morgan fingerprint density at radius 2 is 1.93 bits per heavy atom. The maximum Gasteiger partial charge on any atom is 0.443 e. The average molecular weight is 203 g/mol. The lowest BCUT2D eigenvalue weighted by molar-refractivity contribution is -0.176. The van der Waals surface area contributed by atoms with E-state index in [1.54, 1.807) is 6.92 Å². The Morgan fingerprint density at radius 1 is 1.29 bits per heavy atom. The van der Waals surface area contributed by atoms with Gasteiger partial charge in [0.2, 0.25) is 0 Å². The molecule has 0 aliphatic carbocycles. The van der Waals surface area contributed by atoms with Gasteiger partial charge in [0, 0.05) is 6.42 Å². The van der Waals surface area contributed by atoms with Crippen molar-refractivity contribution in [2.75, 3.05) is 13.7 Å². The molecule has 0 aliphatic rings. The Balaban J connectivity index is 3.75. The topological polar surface area (TPSA) is 55.8 Å². The Morgan fingerprint density at radius 3 is 2.43 bits per heavy atom. The summed E-state index contributed by atoms with van der Waals surface area (Å²) >= 11 is 0. The highest BCUT2D eigenvalue weighted by Gasteiger charge is 2.14. The molecule has 0 aromatic rings. The largest absolute Gasteiger partial charge is 0.448 e. The van der Waals surface area contributed by atoms with Gasteiger partial charge in [0.25, 0.3) is 0 Å². The van der Waals surface area contributed by atoms with Gasteiger partial charge in [-0.05, 0) is 13.3 Å². The van der Waals surface area contributed by atoms with E-state index in [1.807, 2.05) is 6.92 Å². The Labute approximate surface area is 83.9 Å². The number of unbranched alkanes of at least 4 members (excludes halogenated alkanes) is 1. The second kappa shape index (κ2) is 7.17. The second-order valence-electron chi connectivity index (χ2n) is 2.76. The number of hydroxylamine groups is 2. The number of ether oxygens (including phenoxy) is 1. The van der Waals surface area contributed by atoms with Crippen molar-refractivity contribution < 1.29 is 19.2 Å². The van der Waals surface area contributed by atoms with Crippen molar-refractivity contribution in [2.24, 2.45) is 0 Å². The summed E-state index contributed by atoms with van der Waals surface area (Å²) in [5.41, 5.74) is 0. The Hall–Kier alpha value is -1.26. The summed E-state index contributed by atoms with van der Waals surface area (Å²) in [7, 11) is 1.35. The molecule has 0 aromatic heterocycles. The molecule has 0 aromatic carbocycles. The van der Waals surface area contributed by atoms with Crippen LogP contribution in [0.25, 0.3) is 0 Å². The second-order valence-corrected chi connectivity index (χ2v) is 2.76. The molecule has 0 fully saturated rings. The van der Waals surface area contributed by atoms with Gasteiger partial charge >= 0.3 is 12.1 Å². The minimum absolute atomic E-state index is 0.260. The molecule has 1 amide bonds. The van der Waals surface area contributed by atoms with Gasteiger partial charge in [0.05, 0.1) is 13.7 Å². The monoisotopic (exact) mass is 203 g/mol.